The van der Waals surface area contributed by atoms with Gasteiger partial charge < -0.3 is 15.4 Å². The molecule has 1 saturated carbocycles. The van der Waals surface area contributed by atoms with Gasteiger partial charge >= 0.3 is 0 Å². The van der Waals surface area contributed by atoms with Crippen molar-refractivity contribution in [2.45, 2.75) is 37.8 Å². The van der Waals surface area contributed by atoms with E-state index in [9.17, 15) is 4.79 Å². The normalized spacial score (nSPS) is 18.1. The van der Waals surface area contributed by atoms with Crippen molar-refractivity contribution in [3.05, 3.63) is 54.6 Å². The monoisotopic (exact) mass is 455 g/mol. The summed E-state index contributed by atoms with van der Waals surface area (Å²) in [7, 11) is 0. The number of hydrogen-bond donors (Lipinski definition) is 3. The zero-order valence-electron chi connectivity index (χ0n) is 18.6. The molecule has 9 heteroatoms. The molecule has 172 valence electrons. The van der Waals surface area contributed by atoms with Crippen LogP contribution in [0.3, 0.4) is 0 Å². The van der Waals surface area contributed by atoms with Crippen LogP contribution in [0.4, 0.5) is 0 Å². The minimum Gasteiger partial charge on any atom is -0.472 e. The lowest BCUT2D eigenvalue weighted by Crippen LogP contribution is -2.37. The molecule has 0 bridgehead atoms. The van der Waals surface area contributed by atoms with Crippen LogP contribution in [0.25, 0.3) is 33.4 Å². The molecule has 3 N–H and O–H groups in total. The number of hydrogen-bond acceptors (Lipinski definition) is 7. The van der Waals surface area contributed by atoms with Crippen LogP contribution in [0.15, 0.2) is 49.1 Å². The SMILES string of the molecule is O=C(NC1CC1)c1cncc(-c2ccc3[nH]nc(-c4cncc(OC5CCCNC5)n4)c3c2)c1. The Hall–Kier alpha value is -3.85. The first-order valence-corrected chi connectivity index (χ1v) is 11.7. The molecule has 6 rings (SSSR count). The summed E-state index contributed by atoms with van der Waals surface area (Å²) < 4.78 is 6.05. The van der Waals surface area contributed by atoms with Crippen LogP contribution < -0.4 is 15.4 Å². The lowest BCUT2D eigenvalue weighted by Gasteiger charge is -2.23. The average molecular weight is 456 g/mol. The van der Waals surface area contributed by atoms with Gasteiger partial charge in [0.15, 0.2) is 0 Å². The molecule has 1 atom stereocenters. The maximum atomic E-state index is 12.5. The number of aromatic amines is 1. The van der Waals surface area contributed by atoms with E-state index >= 15 is 0 Å². The van der Waals surface area contributed by atoms with Crippen molar-refractivity contribution in [2.24, 2.45) is 0 Å². The quantitative estimate of drug-likeness (QED) is 0.409. The van der Waals surface area contributed by atoms with Crippen molar-refractivity contribution in [1.82, 2.24) is 35.8 Å². The Balaban J connectivity index is 1.30. The van der Waals surface area contributed by atoms with Crippen LogP contribution in [-0.2, 0) is 0 Å². The minimum absolute atomic E-state index is 0.0813. The minimum atomic E-state index is -0.0813. The van der Waals surface area contributed by atoms with Crippen LogP contribution in [0, 0.1) is 0 Å². The second-order valence-electron chi connectivity index (χ2n) is 8.87. The van der Waals surface area contributed by atoms with Gasteiger partial charge in [-0.05, 0) is 56.0 Å². The van der Waals surface area contributed by atoms with Crippen molar-refractivity contribution >= 4 is 16.8 Å². The largest absolute Gasteiger partial charge is 0.472 e. The Morgan fingerprint density at radius 1 is 1.03 bits per heavy atom. The summed E-state index contributed by atoms with van der Waals surface area (Å²) in [5, 5.41) is 14.8. The fourth-order valence-corrected chi connectivity index (χ4v) is 4.22. The fraction of sp³-hybridized carbons (Fsp3) is 0.320. The van der Waals surface area contributed by atoms with Crippen molar-refractivity contribution in [3.8, 4) is 28.4 Å². The zero-order chi connectivity index (χ0) is 22.9. The van der Waals surface area contributed by atoms with Crippen molar-refractivity contribution in [1.29, 1.82) is 0 Å². The molecule has 1 aliphatic heterocycles. The van der Waals surface area contributed by atoms with Gasteiger partial charge in [-0.1, -0.05) is 6.07 Å². The third-order valence-electron chi connectivity index (χ3n) is 6.20. The fourth-order valence-electron chi connectivity index (χ4n) is 4.22. The molecule has 1 aromatic carbocycles. The first kappa shape index (κ1) is 20.7. The summed E-state index contributed by atoms with van der Waals surface area (Å²) in [6.45, 7) is 1.84. The van der Waals surface area contributed by atoms with E-state index < -0.39 is 0 Å². The summed E-state index contributed by atoms with van der Waals surface area (Å²) in [5.74, 6) is 0.416. The van der Waals surface area contributed by atoms with E-state index in [0.29, 0.717) is 28.9 Å². The molecule has 1 saturated heterocycles. The number of nitrogens with zero attached hydrogens (tertiary/aromatic N) is 4. The lowest BCUT2D eigenvalue weighted by molar-refractivity contribution is 0.0950. The number of ether oxygens (including phenoxy) is 1. The molecular weight excluding hydrogens is 430 g/mol. The molecule has 3 aromatic heterocycles. The molecule has 2 fully saturated rings. The summed E-state index contributed by atoms with van der Waals surface area (Å²) in [6.07, 6.45) is 11.0. The van der Waals surface area contributed by atoms with Crippen LogP contribution in [0.2, 0.25) is 0 Å². The highest BCUT2D eigenvalue weighted by Gasteiger charge is 2.24. The van der Waals surface area contributed by atoms with E-state index in [2.05, 4.69) is 35.8 Å². The molecule has 0 spiro atoms. The lowest BCUT2D eigenvalue weighted by atomic mass is 10.0. The Morgan fingerprint density at radius 2 is 1.94 bits per heavy atom. The van der Waals surface area contributed by atoms with Crippen LogP contribution >= 0.6 is 0 Å². The van der Waals surface area contributed by atoms with Gasteiger partial charge in [0, 0.05) is 35.9 Å². The number of benzene rings is 1. The molecular formula is C25H25N7O2. The standard InChI is InChI=1S/C25H25N7O2/c33-25(29-18-4-5-18)17-8-16(10-27-11-17)15-3-6-21-20(9-15)24(32-31-21)22-13-28-14-23(30-22)34-19-2-1-7-26-12-19/h3,6,8-11,13-14,18-19,26H,1-2,4-5,7,12H2,(H,29,33)(H,31,32). The molecule has 1 unspecified atom stereocenters. The molecule has 4 aromatic rings. The Bertz CT molecular complexity index is 1340. The number of carbonyl (C=O) groups excluding carboxylic acids is 1. The van der Waals surface area contributed by atoms with E-state index in [1.54, 1.807) is 24.8 Å². The number of carbonyl (C=O) groups is 1. The maximum Gasteiger partial charge on any atom is 0.253 e. The van der Waals surface area contributed by atoms with Gasteiger partial charge in [0.05, 0.1) is 23.5 Å². The van der Waals surface area contributed by atoms with Crippen molar-refractivity contribution < 1.29 is 9.53 Å². The molecule has 34 heavy (non-hydrogen) atoms. The van der Waals surface area contributed by atoms with Crippen LogP contribution in [0.1, 0.15) is 36.0 Å². The number of nitrogens with one attached hydrogen (secondary N) is 3. The highest BCUT2D eigenvalue weighted by molar-refractivity contribution is 5.97. The van der Waals surface area contributed by atoms with Gasteiger partial charge in [0.25, 0.3) is 5.91 Å². The topological polar surface area (TPSA) is 118 Å². The number of aromatic nitrogens is 5. The van der Waals surface area contributed by atoms with Gasteiger partial charge in [-0.25, -0.2) is 4.98 Å². The Morgan fingerprint density at radius 3 is 2.79 bits per heavy atom. The Kier molecular flexibility index (Phi) is 5.38. The van der Waals surface area contributed by atoms with Crippen LogP contribution in [0.5, 0.6) is 5.88 Å². The summed E-state index contributed by atoms with van der Waals surface area (Å²) >= 11 is 0. The van der Waals surface area contributed by atoms with E-state index in [1.807, 2.05) is 24.3 Å². The van der Waals surface area contributed by atoms with Gasteiger partial charge in [0.2, 0.25) is 5.88 Å². The van der Waals surface area contributed by atoms with E-state index in [4.69, 9.17) is 4.74 Å². The highest BCUT2D eigenvalue weighted by Crippen LogP contribution is 2.30. The maximum absolute atomic E-state index is 12.5. The van der Waals surface area contributed by atoms with E-state index in [1.165, 1.54) is 0 Å². The number of H-pyrrole nitrogens is 1. The molecule has 1 aliphatic carbocycles. The average Bonchev–Trinajstić information content (AvgIpc) is 3.59. The van der Waals surface area contributed by atoms with Crippen LogP contribution in [-0.4, -0.2) is 56.3 Å². The molecule has 4 heterocycles. The third-order valence-corrected chi connectivity index (χ3v) is 6.20. The molecule has 9 nitrogen and oxygen atoms in total. The summed E-state index contributed by atoms with van der Waals surface area (Å²) in [5.41, 5.74) is 4.60. The van der Waals surface area contributed by atoms with E-state index in [0.717, 1.165) is 60.8 Å². The molecule has 2 aliphatic rings. The second-order valence-corrected chi connectivity index (χ2v) is 8.87. The second kappa shape index (κ2) is 8.83. The number of rotatable bonds is 6. The smallest absolute Gasteiger partial charge is 0.253 e. The number of piperidine rings is 1. The van der Waals surface area contributed by atoms with Crippen molar-refractivity contribution in [2.75, 3.05) is 13.1 Å². The molecule has 1 amide bonds. The number of pyridine rings is 1. The highest BCUT2D eigenvalue weighted by atomic mass is 16.5. The van der Waals surface area contributed by atoms with Crippen molar-refractivity contribution in [3.63, 3.8) is 0 Å². The number of amides is 1. The number of fused-ring (bicyclic) bond motifs is 1. The zero-order valence-corrected chi connectivity index (χ0v) is 18.6. The Labute approximate surface area is 196 Å². The van der Waals surface area contributed by atoms with Gasteiger partial charge in [-0.15, -0.1) is 0 Å². The van der Waals surface area contributed by atoms with Gasteiger partial charge in [-0.3, -0.25) is 19.9 Å². The van der Waals surface area contributed by atoms with Gasteiger partial charge in [0.1, 0.15) is 17.5 Å². The first-order valence-electron chi connectivity index (χ1n) is 11.7. The third kappa shape index (κ3) is 4.34. The summed E-state index contributed by atoms with van der Waals surface area (Å²) in [4.78, 5) is 25.8. The summed E-state index contributed by atoms with van der Waals surface area (Å²) in [6, 6.07) is 8.17. The van der Waals surface area contributed by atoms with E-state index in [-0.39, 0.29) is 12.0 Å². The first-order chi connectivity index (χ1) is 16.7. The molecule has 0 radical (unpaired) electrons. The van der Waals surface area contributed by atoms with Gasteiger partial charge in [-0.2, -0.15) is 5.10 Å². The predicted molar refractivity (Wildman–Crippen MR) is 127 cm³/mol. The predicted octanol–water partition coefficient (Wildman–Crippen LogP) is 3.10.